The third-order valence-corrected chi connectivity index (χ3v) is 4.63. The number of hydrogen-bond acceptors (Lipinski definition) is 2. The van der Waals surface area contributed by atoms with E-state index in [1.807, 2.05) is 78.3 Å². The summed E-state index contributed by atoms with van der Waals surface area (Å²) in [7, 11) is 1.86. The summed E-state index contributed by atoms with van der Waals surface area (Å²) in [5.74, 6) is -0.516. The molecule has 0 saturated carbocycles. The molecule has 0 saturated heterocycles. The Morgan fingerprint density at radius 2 is 1.64 bits per heavy atom. The number of fused-ring (bicyclic) bond motifs is 2. The first-order chi connectivity index (χ1) is 12.1. The molecule has 4 nitrogen and oxygen atoms in total. The number of hydrogen-bond donors (Lipinski definition) is 2. The van der Waals surface area contributed by atoms with Crippen molar-refractivity contribution in [2.45, 2.75) is 0 Å². The third kappa shape index (κ3) is 2.31. The first-order valence-electron chi connectivity index (χ1n) is 8.03. The summed E-state index contributed by atoms with van der Waals surface area (Å²) in [6.07, 6.45) is 0. The van der Waals surface area contributed by atoms with Crippen LogP contribution in [0.2, 0.25) is 0 Å². The van der Waals surface area contributed by atoms with Crippen LogP contribution < -0.4 is 5.73 Å². The predicted molar refractivity (Wildman–Crippen MR) is 101 cm³/mol. The van der Waals surface area contributed by atoms with E-state index in [0.717, 1.165) is 27.2 Å². The van der Waals surface area contributed by atoms with Crippen LogP contribution in [-0.2, 0) is 7.05 Å². The molecule has 3 aromatic carbocycles. The number of primary amides is 1. The molecule has 1 amide bonds. The molecule has 4 rings (SSSR count). The van der Waals surface area contributed by atoms with E-state index < -0.39 is 5.91 Å². The van der Waals surface area contributed by atoms with Crippen molar-refractivity contribution in [2.75, 3.05) is 0 Å². The maximum atomic E-state index is 12.1. The van der Waals surface area contributed by atoms with Gasteiger partial charge in [0, 0.05) is 23.5 Å². The number of aryl methyl sites for hydroxylation is 1. The number of rotatable bonds is 3. The van der Waals surface area contributed by atoms with Crippen molar-refractivity contribution in [1.29, 1.82) is 5.41 Å². The summed E-state index contributed by atoms with van der Waals surface area (Å²) in [6, 6.07) is 21.5. The van der Waals surface area contributed by atoms with Gasteiger partial charge in [0.15, 0.2) is 0 Å². The molecule has 1 heterocycles. The SMILES string of the molecule is Cn1c(C(=N)c2ccc3ccccc3c2)c(C(N)=O)c2ccccc21. The van der Waals surface area contributed by atoms with Gasteiger partial charge in [-0.1, -0.05) is 54.6 Å². The predicted octanol–water partition coefficient (Wildman–Crippen LogP) is 3.85. The van der Waals surface area contributed by atoms with E-state index in [1.165, 1.54) is 0 Å². The van der Waals surface area contributed by atoms with Crippen molar-refractivity contribution >= 4 is 33.3 Å². The van der Waals surface area contributed by atoms with Crippen LogP contribution in [0, 0.1) is 5.41 Å². The zero-order valence-corrected chi connectivity index (χ0v) is 13.8. The minimum Gasteiger partial charge on any atom is -0.366 e. The van der Waals surface area contributed by atoms with Gasteiger partial charge in [0.1, 0.15) is 0 Å². The van der Waals surface area contributed by atoms with Crippen molar-refractivity contribution < 1.29 is 4.79 Å². The molecule has 1 aromatic heterocycles. The van der Waals surface area contributed by atoms with E-state index in [2.05, 4.69) is 0 Å². The highest BCUT2D eigenvalue weighted by atomic mass is 16.1. The molecule has 0 bridgehead atoms. The Morgan fingerprint density at radius 3 is 2.40 bits per heavy atom. The first-order valence-corrected chi connectivity index (χ1v) is 8.03. The van der Waals surface area contributed by atoms with Gasteiger partial charge in [0.2, 0.25) is 0 Å². The number of nitrogens with one attached hydrogen (secondary N) is 1. The van der Waals surface area contributed by atoms with Gasteiger partial charge in [0.25, 0.3) is 5.91 Å². The fraction of sp³-hybridized carbons (Fsp3) is 0.0476. The van der Waals surface area contributed by atoms with Crippen molar-refractivity contribution in [3.8, 4) is 0 Å². The van der Waals surface area contributed by atoms with Crippen molar-refractivity contribution in [1.82, 2.24) is 4.57 Å². The van der Waals surface area contributed by atoms with E-state index >= 15 is 0 Å². The number of para-hydroxylation sites is 1. The molecule has 0 radical (unpaired) electrons. The van der Waals surface area contributed by atoms with Gasteiger partial charge in [-0.15, -0.1) is 0 Å². The Kier molecular flexibility index (Phi) is 3.39. The monoisotopic (exact) mass is 327 g/mol. The standard InChI is InChI=1S/C21H17N3O/c1-24-17-9-5-4-8-16(17)18(21(23)25)20(24)19(22)15-11-10-13-6-2-3-7-14(13)12-15/h2-12,22H,1H3,(H2,23,25). The second-order valence-electron chi connectivity index (χ2n) is 6.10. The number of benzene rings is 3. The maximum absolute atomic E-state index is 12.1. The molecule has 3 N–H and O–H groups in total. The maximum Gasteiger partial charge on any atom is 0.251 e. The molecule has 25 heavy (non-hydrogen) atoms. The number of nitrogens with two attached hydrogens (primary N) is 1. The zero-order valence-electron chi connectivity index (χ0n) is 13.8. The Morgan fingerprint density at radius 1 is 0.960 bits per heavy atom. The first kappa shape index (κ1) is 15.1. The van der Waals surface area contributed by atoms with Crippen LogP contribution in [0.25, 0.3) is 21.7 Å². The minimum atomic E-state index is -0.516. The molecule has 0 aliphatic rings. The fourth-order valence-corrected chi connectivity index (χ4v) is 3.42. The van der Waals surface area contributed by atoms with Gasteiger partial charge in [-0.05, 0) is 22.9 Å². The lowest BCUT2D eigenvalue weighted by atomic mass is 9.99. The zero-order chi connectivity index (χ0) is 17.6. The molecule has 0 spiro atoms. The topological polar surface area (TPSA) is 71.9 Å². The molecule has 0 aliphatic carbocycles. The van der Waals surface area contributed by atoms with Crippen LogP contribution >= 0.6 is 0 Å². The summed E-state index contributed by atoms with van der Waals surface area (Å²) >= 11 is 0. The van der Waals surface area contributed by atoms with E-state index in [1.54, 1.807) is 0 Å². The van der Waals surface area contributed by atoms with Crippen LogP contribution in [0.15, 0.2) is 66.7 Å². The second kappa shape index (κ2) is 5.60. The Labute approximate surface area is 145 Å². The van der Waals surface area contributed by atoms with Gasteiger partial charge in [-0.25, -0.2) is 0 Å². The number of carbonyl (C=O) groups is 1. The lowest BCUT2D eigenvalue weighted by Crippen LogP contribution is -2.18. The van der Waals surface area contributed by atoms with Crippen LogP contribution in [0.3, 0.4) is 0 Å². The number of nitrogens with zero attached hydrogens (tertiary/aromatic N) is 1. The van der Waals surface area contributed by atoms with Gasteiger partial charge in [0.05, 0.1) is 17.0 Å². The molecular weight excluding hydrogens is 310 g/mol. The lowest BCUT2D eigenvalue weighted by Gasteiger charge is -2.10. The van der Waals surface area contributed by atoms with Crippen LogP contribution in [0.5, 0.6) is 0 Å². The van der Waals surface area contributed by atoms with E-state index in [0.29, 0.717) is 17.0 Å². The number of aromatic nitrogens is 1. The minimum absolute atomic E-state index is 0.290. The molecule has 0 unspecified atom stereocenters. The summed E-state index contributed by atoms with van der Waals surface area (Å²) in [5.41, 5.74) is 8.53. The Bertz CT molecular complexity index is 1150. The van der Waals surface area contributed by atoms with Crippen LogP contribution in [0.4, 0.5) is 0 Å². The van der Waals surface area contributed by atoms with Gasteiger partial charge < -0.3 is 10.3 Å². The van der Waals surface area contributed by atoms with E-state index in [-0.39, 0.29) is 0 Å². The Hall–Kier alpha value is -3.40. The average molecular weight is 327 g/mol. The molecule has 4 heteroatoms. The second-order valence-corrected chi connectivity index (χ2v) is 6.10. The average Bonchev–Trinajstić information content (AvgIpc) is 2.94. The van der Waals surface area contributed by atoms with Crippen LogP contribution in [0.1, 0.15) is 21.6 Å². The fourth-order valence-electron chi connectivity index (χ4n) is 3.42. The highest BCUT2D eigenvalue weighted by Crippen LogP contribution is 2.27. The lowest BCUT2D eigenvalue weighted by molar-refractivity contribution is 0.100. The highest BCUT2D eigenvalue weighted by Gasteiger charge is 2.22. The van der Waals surface area contributed by atoms with Gasteiger partial charge in [-0.3, -0.25) is 10.2 Å². The smallest absolute Gasteiger partial charge is 0.251 e. The highest BCUT2D eigenvalue weighted by molar-refractivity contribution is 6.21. The van der Waals surface area contributed by atoms with Crippen molar-refractivity contribution in [2.24, 2.45) is 12.8 Å². The molecule has 0 atom stereocenters. The van der Waals surface area contributed by atoms with Crippen molar-refractivity contribution in [3.05, 3.63) is 83.6 Å². The van der Waals surface area contributed by atoms with Gasteiger partial charge >= 0.3 is 0 Å². The Balaban J connectivity index is 1.96. The van der Waals surface area contributed by atoms with E-state index in [9.17, 15) is 4.79 Å². The molecule has 4 aromatic rings. The summed E-state index contributed by atoms with van der Waals surface area (Å²) < 4.78 is 1.87. The molecule has 0 fully saturated rings. The number of amides is 1. The molecule has 0 aliphatic heterocycles. The van der Waals surface area contributed by atoms with E-state index in [4.69, 9.17) is 11.1 Å². The summed E-state index contributed by atoms with van der Waals surface area (Å²) in [4.78, 5) is 12.1. The van der Waals surface area contributed by atoms with Gasteiger partial charge in [-0.2, -0.15) is 0 Å². The molecule has 122 valence electrons. The van der Waals surface area contributed by atoms with Crippen LogP contribution in [-0.4, -0.2) is 16.2 Å². The largest absolute Gasteiger partial charge is 0.366 e. The quantitative estimate of drug-likeness (QED) is 0.551. The number of carbonyl (C=O) groups excluding carboxylic acids is 1. The van der Waals surface area contributed by atoms with Crippen molar-refractivity contribution in [3.63, 3.8) is 0 Å². The normalized spacial score (nSPS) is 11.1. The summed E-state index contributed by atoms with van der Waals surface area (Å²) in [5, 5.41) is 11.7. The summed E-state index contributed by atoms with van der Waals surface area (Å²) in [6.45, 7) is 0. The third-order valence-electron chi connectivity index (χ3n) is 4.63. The molecular formula is C21H17N3O.